The Bertz CT molecular complexity index is 266. The van der Waals surface area contributed by atoms with Crippen LogP contribution in [0.5, 0.6) is 0 Å². The van der Waals surface area contributed by atoms with Crippen molar-refractivity contribution in [3.05, 3.63) is 35.4 Å². The van der Waals surface area contributed by atoms with E-state index in [4.69, 9.17) is 0 Å². The van der Waals surface area contributed by atoms with Gasteiger partial charge in [0.2, 0.25) is 0 Å². The third-order valence-corrected chi connectivity index (χ3v) is 3.51. The molecule has 0 saturated heterocycles. The molecule has 1 atom stereocenters. The summed E-state index contributed by atoms with van der Waals surface area (Å²) >= 11 is 2.41. The molecule has 0 spiro atoms. The van der Waals surface area contributed by atoms with Crippen LogP contribution in [0.1, 0.15) is 37.8 Å². The van der Waals surface area contributed by atoms with E-state index in [2.05, 4.69) is 67.6 Å². The highest BCUT2D eigenvalue weighted by atomic mass is 127. The maximum absolute atomic E-state index is 2.41. The minimum atomic E-state index is 0.669. The lowest BCUT2D eigenvalue weighted by Gasteiger charge is -2.16. The largest absolute Gasteiger partial charge is 0.0812 e. The van der Waals surface area contributed by atoms with Crippen LogP contribution in [0.4, 0.5) is 0 Å². The molecule has 0 radical (unpaired) electrons. The second kappa shape index (κ2) is 4.99. The van der Waals surface area contributed by atoms with Crippen LogP contribution in [0.15, 0.2) is 24.3 Å². The summed E-state index contributed by atoms with van der Waals surface area (Å²) in [7, 11) is 0. The number of alkyl halides is 1. The van der Waals surface area contributed by atoms with Gasteiger partial charge in [0.25, 0.3) is 0 Å². The molecule has 0 amide bonds. The van der Waals surface area contributed by atoms with Gasteiger partial charge in [-0.15, -0.1) is 0 Å². The van der Waals surface area contributed by atoms with Gasteiger partial charge in [-0.1, -0.05) is 67.6 Å². The first-order valence-electron chi connectivity index (χ1n) is 4.80. The van der Waals surface area contributed by atoms with Crippen molar-refractivity contribution in [1.29, 1.82) is 0 Å². The Morgan fingerprint density at radius 2 is 1.92 bits per heavy atom. The van der Waals surface area contributed by atoms with E-state index in [0.717, 1.165) is 10.3 Å². The lowest BCUT2D eigenvalue weighted by Crippen LogP contribution is -2.02. The maximum atomic E-state index is 2.41. The zero-order valence-corrected chi connectivity index (χ0v) is 10.7. The summed E-state index contributed by atoms with van der Waals surface area (Å²) in [4.78, 5) is 0. The number of rotatable bonds is 3. The standard InChI is InChI=1S/C12H17I/c1-9(2)10(3)12-6-4-5-11(7-12)8-13/h4-7,9-10H,8H2,1-3H3. The summed E-state index contributed by atoms with van der Waals surface area (Å²) in [6.45, 7) is 6.86. The molecule has 1 aromatic carbocycles. The molecule has 13 heavy (non-hydrogen) atoms. The molecule has 0 nitrogen and oxygen atoms in total. The number of hydrogen-bond donors (Lipinski definition) is 0. The molecule has 0 bridgehead atoms. The monoisotopic (exact) mass is 288 g/mol. The molecule has 1 heteroatoms. The fourth-order valence-electron chi connectivity index (χ4n) is 1.34. The summed E-state index contributed by atoms with van der Waals surface area (Å²) in [5.74, 6) is 1.40. The van der Waals surface area contributed by atoms with E-state index < -0.39 is 0 Å². The van der Waals surface area contributed by atoms with Crippen molar-refractivity contribution in [1.82, 2.24) is 0 Å². The van der Waals surface area contributed by atoms with E-state index in [1.54, 1.807) is 0 Å². The highest BCUT2D eigenvalue weighted by Crippen LogP contribution is 2.24. The van der Waals surface area contributed by atoms with Crippen LogP contribution in [0.2, 0.25) is 0 Å². The quantitative estimate of drug-likeness (QED) is 0.572. The second-order valence-electron chi connectivity index (χ2n) is 3.91. The molecule has 72 valence electrons. The highest BCUT2D eigenvalue weighted by Gasteiger charge is 2.09. The predicted molar refractivity (Wildman–Crippen MR) is 67.4 cm³/mol. The fourth-order valence-corrected chi connectivity index (χ4v) is 1.82. The van der Waals surface area contributed by atoms with E-state index in [1.807, 2.05) is 0 Å². The molecule has 0 aromatic heterocycles. The van der Waals surface area contributed by atoms with Crippen molar-refractivity contribution >= 4 is 22.6 Å². The van der Waals surface area contributed by atoms with Crippen molar-refractivity contribution in [2.24, 2.45) is 5.92 Å². The van der Waals surface area contributed by atoms with Crippen molar-refractivity contribution in [2.75, 3.05) is 0 Å². The van der Waals surface area contributed by atoms with Gasteiger partial charge in [-0.05, 0) is 23.0 Å². The van der Waals surface area contributed by atoms with E-state index in [-0.39, 0.29) is 0 Å². The number of hydrogen-bond acceptors (Lipinski definition) is 0. The molecule has 0 fully saturated rings. The van der Waals surface area contributed by atoms with Crippen LogP contribution in [0, 0.1) is 5.92 Å². The Hall–Kier alpha value is -0.0500. The van der Waals surface area contributed by atoms with Gasteiger partial charge in [0, 0.05) is 4.43 Å². The second-order valence-corrected chi connectivity index (χ2v) is 4.67. The Morgan fingerprint density at radius 3 is 2.46 bits per heavy atom. The van der Waals surface area contributed by atoms with Crippen LogP contribution >= 0.6 is 22.6 Å². The number of benzene rings is 1. The first-order chi connectivity index (χ1) is 6.15. The predicted octanol–water partition coefficient (Wildman–Crippen LogP) is 4.38. The zero-order chi connectivity index (χ0) is 9.84. The molecule has 0 aliphatic heterocycles. The lowest BCUT2D eigenvalue weighted by atomic mass is 9.90. The first-order valence-corrected chi connectivity index (χ1v) is 6.32. The van der Waals surface area contributed by atoms with Gasteiger partial charge in [-0.3, -0.25) is 0 Å². The van der Waals surface area contributed by atoms with Crippen molar-refractivity contribution < 1.29 is 0 Å². The van der Waals surface area contributed by atoms with Crippen LogP contribution in [-0.2, 0) is 4.43 Å². The molecule has 0 saturated carbocycles. The van der Waals surface area contributed by atoms with Gasteiger partial charge in [0.1, 0.15) is 0 Å². The third kappa shape index (κ3) is 2.97. The molecular weight excluding hydrogens is 271 g/mol. The normalized spacial score (nSPS) is 13.3. The minimum Gasteiger partial charge on any atom is -0.0812 e. The van der Waals surface area contributed by atoms with Crippen LogP contribution in [-0.4, -0.2) is 0 Å². The maximum Gasteiger partial charge on any atom is 0.0247 e. The highest BCUT2D eigenvalue weighted by molar-refractivity contribution is 14.1. The molecule has 0 aliphatic carbocycles. The summed E-state index contributed by atoms with van der Waals surface area (Å²) in [5, 5.41) is 0. The summed E-state index contributed by atoms with van der Waals surface area (Å²) < 4.78 is 1.11. The average Bonchev–Trinajstić information content (AvgIpc) is 2.16. The molecule has 0 aliphatic rings. The third-order valence-electron chi connectivity index (χ3n) is 2.63. The SMILES string of the molecule is CC(C)C(C)c1cccc(CI)c1. The topological polar surface area (TPSA) is 0 Å². The lowest BCUT2D eigenvalue weighted by molar-refractivity contribution is 0.535. The summed E-state index contributed by atoms with van der Waals surface area (Å²) in [5.41, 5.74) is 2.91. The Morgan fingerprint density at radius 1 is 1.23 bits per heavy atom. The fraction of sp³-hybridized carbons (Fsp3) is 0.500. The first kappa shape index (κ1) is 11.0. The van der Waals surface area contributed by atoms with Crippen LogP contribution in [0.3, 0.4) is 0 Å². The average molecular weight is 288 g/mol. The molecule has 0 heterocycles. The van der Waals surface area contributed by atoms with Gasteiger partial charge in [-0.2, -0.15) is 0 Å². The van der Waals surface area contributed by atoms with Gasteiger partial charge in [0.05, 0.1) is 0 Å². The molecular formula is C12H17I. The van der Waals surface area contributed by atoms with Gasteiger partial charge >= 0.3 is 0 Å². The van der Waals surface area contributed by atoms with E-state index in [0.29, 0.717) is 5.92 Å². The van der Waals surface area contributed by atoms with Crippen LogP contribution < -0.4 is 0 Å². The molecule has 1 unspecified atom stereocenters. The number of halogens is 1. The van der Waals surface area contributed by atoms with Crippen molar-refractivity contribution in [2.45, 2.75) is 31.1 Å². The van der Waals surface area contributed by atoms with Gasteiger partial charge in [0.15, 0.2) is 0 Å². The Kier molecular flexibility index (Phi) is 4.23. The molecule has 1 rings (SSSR count). The Labute approximate surface area is 94.9 Å². The van der Waals surface area contributed by atoms with E-state index >= 15 is 0 Å². The smallest absolute Gasteiger partial charge is 0.0247 e. The van der Waals surface area contributed by atoms with Gasteiger partial charge in [-0.25, -0.2) is 0 Å². The van der Waals surface area contributed by atoms with Crippen LogP contribution in [0.25, 0.3) is 0 Å². The molecule has 1 aromatic rings. The van der Waals surface area contributed by atoms with E-state index in [1.165, 1.54) is 11.1 Å². The minimum absolute atomic E-state index is 0.669. The Balaban J connectivity index is 2.88. The van der Waals surface area contributed by atoms with E-state index in [9.17, 15) is 0 Å². The summed E-state index contributed by atoms with van der Waals surface area (Å²) in [6.07, 6.45) is 0. The van der Waals surface area contributed by atoms with Crippen molar-refractivity contribution in [3.63, 3.8) is 0 Å². The van der Waals surface area contributed by atoms with Gasteiger partial charge < -0.3 is 0 Å². The zero-order valence-electron chi connectivity index (χ0n) is 8.55. The molecule has 0 N–H and O–H groups in total. The summed E-state index contributed by atoms with van der Waals surface area (Å²) in [6, 6.07) is 8.93. The van der Waals surface area contributed by atoms with Crippen molar-refractivity contribution in [3.8, 4) is 0 Å².